The number of allylic oxidation sites excluding steroid dienone is 4. The molecule has 0 radical (unpaired) electrons. The Morgan fingerprint density at radius 3 is 0.783 bits per heavy atom. The summed E-state index contributed by atoms with van der Waals surface area (Å²) in [5.41, 5.74) is 20.2. The molecule has 0 amide bonds. The number of aryl methyl sites for hydroxylation is 4. The van der Waals surface area contributed by atoms with E-state index in [1.807, 2.05) is 0 Å². The van der Waals surface area contributed by atoms with Crippen molar-refractivity contribution in [3.8, 4) is 0 Å². The first-order chi connectivity index (χ1) is 20.9. The zero-order chi connectivity index (χ0) is 31.3. The van der Waals surface area contributed by atoms with E-state index in [0.29, 0.717) is 0 Å². The minimum absolute atomic E-state index is 0. The molecule has 2 aliphatic rings. The van der Waals surface area contributed by atoms with Crippen molar-refractivity contribution in [2.45, 2.75) is 107 Å². The quantitative estimate of drug-likeness (QED) is 0.226. The summed E-state index contributed by atoms with van der Waals surface area (Å²) in [7, 11) is 0.0278. The predicted octanol–water partition coefficient (Wildman–Crippen LogP) is 13.3. The molecule has 10 heteroatoms. The minimum atomic E-state index is 0. The molecule has 0 aliphatic carbocycles. The van der Waals surface area contributed by atoms with Gasteiger partial charge in [-0.15, -0.1) is 37.2 Å². The first-order valence-electron chi connectivity index (χ1n) is 16.1. The predicted molar refractivity (Wildman–Crippen MR) is 215 cm³/mol. The molecule has 254 valence electrons. The van der Waals surface area contributed by atoms with Crippen molar-refractivity contribution >= 4 is 111 Å². The SMILES string of the molecule is CCC1=C(CC)c2cc3[nH]c(cc4nc(cc5[nH]c(cc1n2)c(CC)c5CC)C(CC)=C4CC)c(CC)c3CC.Cl.Cl.Cl.ClPCl. The fourth-order valence-electron chi connectivity index (χ4n) is 7.10. The van der Waals surface area contributed by atoms with Crippen molar-refractivity contribution in [3.63, 3.8) is 0 Å². The van der Waals surface area contributed by atoms with Gasteiger partial charge in [0.05, 0.1) is 30.1 Å². The maximum atomic E-state index is 5.29. The maximum Gasteiger partial charge on any atom is 0.0713 e. The molecule has 0 saturated heterocycles. The van der Waals surface area contributed by atoms with E-state index in [9.17, 15) is 0 Å². The van der Waals surface area contributed by atoms with E-state index in [1.165, 1.54) is 66.6 Å². The van der Waals surface area contributed by atoms with Gasteiger partial charge in [0, 0.05) is 22.1 Å². The van der Waals surface area contributed by atoms with Gasteiger partial charge < -0.3 is 9.97 Å². The van der Waals surface area contributed by atoms with E-state index >= 15 is 0 Å². The lowest BCUT2D eigenvalue weighted by molar-refractivity contribution is 1.07. The van der Waals surface area contributed by atoms with Crippen molar-refractivity contribution in [2.75, 3.05) is 0 Å². The van der Waals surface area contributed by atoms with Crippen molar-refractivity contribution < 1.29 is 0 Å². The van der Waals surface area contributed by atoms with Crippen LogP contribution in [0, 0.1) is 0 Å². The zero-order valence-electron chi connectivity index (χ0n) is 28.3. The highest BCUT2D eigenvalue weighted by Crippen LogP contribution is 2.38. The van der Waals surface area contributed by atoms with Crippen LogP contribution in [0.1, 0.15) is 126 Å². The van der Waals surface area contributed by atoms with Crippen molar-refractivity contribution in [1.29, 1.82) is 0 Å². The number of aromatic amines is 2. The van der Waals surface area contributed by atoms with Crippen LogP contribution < -0.4 is 0 Å². The summed E-state index contributed by atoms with van der Waals surface area (Å²) in [6.07, 6.45) is 7.84. The zero-order valence-corrected chi connectivity index (χ0v) is 33.3. The lowest BCUT2D eigenvalue weighted by Crippen LogP contribution is -1.87. The Bertz CT molecular complexity index is 1480. The van der Waals surface area contributed by atoms with Gasteiger partial charge in [-0.25, -0.2) is 9.97 Å². The lowest BCUT2D eigenvalue weighted by atomic mass is 9.98. The second kappa shape index (κ2) is 19.5. The van der Waals surface area contributed by atoms with Gasteiger partial charge in [-0.05, 0) is 120 Å². The third-order valence-electron chi connectivity index (χ3n) is 8.97. The molecule has 2 N–H and O–H groups in total. The number of fused-ring (bicyclic) bond motifs is 8. The molecule has 0 spiro atoms. The molecule has 5 heterocycles. The number of nitrogens with one attached hydrogen (secondary N) is 2. The average Bonchev–Trinajstić information content (AvgIpc) is 3.72. The Labute approximate surface area is 305 Å². The highest BCUT2D eigenvalue weighted by atomic mass is 35.9. The Kier molecular flexibility index (Phi) is 18.0. The molecule has 0 atom stereocenters. The molecule has 0 fully saturated rings. The fourth-order valence-corrected chi connectivity index (χ4v) is 7.10. The Morgan fingerprint density at radius 1 is 0.435 bits per heavy atom. The number of H-pyrrole nitrogens is 2. The second-order valence-electron chi connectivity index (χ2n) is 11.0. The van der Waals surface area contributed by atoms with Gasteiger partial charge in [-0.2, -0.15) is 0 Å². The minimum Gasteiger partial charge on any atom is -0.355 e. The third kappa shape index (κ3) is 8.19. The number of hydrogen-bond acceptors (Lipinski definition) is 2. The van der Waals surface area contributed by atoms with Crippen LogP contribution >= 0.6 is 67.0 Å². The number of hydrogen-bond donors (Lipinski definition) is 2. The fraction of sp³-hybridized carbons (Fsp3) is 0.444. The summed E-state index contributed by atoms with van der Waals surface area (Å²) in [6, 6.07) is 9.24. The van der Waals surface area contributed by atoms with E-state index in [-0.39, 0.29) is 44.5 Å². The van der Waals surface area contributed by atoms with Gasteiger partial charge >= 0.3 is 0 Å². The van der Waals surface area contributed by atoms with Crippen LogP contribution in [0.15, 0.2) is 24.3 Å². The summed E-state index contributed by atoms with van der Waals surface area (Å²) in [6.45, 7) is 18.1. The average molecular weight is 747 g/mol. The molecule has 8 bridgehead atoms. The number of rotatable bonds is 8. The van der Waals surface area contributed by atoms with Crippen LogP contribution in [0.3, 0.4) is 0 Å². The van der Waals surface area contributed by atoms with Gasteiger partial charge in [0.2, 0.25) is 0 Å². The van der Waals surface area contributed by atoms with Crippen LogP contribution in [0.25, 0.3) is 44.4 Å². The summed E-state index contributed by atoms with van der Waals surface area (Å²) in [4.78, 5) is 18.2. The molecule has 0 unspecified atom stereocenters. The smallest absolute Gasteiger partial charge is 0.0713 e. The molecule has 46 heavy (non-hydrogen) atoms. The highest BCUT2D eigenvalue weighted by Gasteiger charge is 2.21. The van der Waals surface area contributed by atoms with Crippen LogP contribution in [0.2, 0.25) is 0 Å². The third-order valence-corrected chi connectivity index (χ3v) is 8.97. The first-order valence-corrected chi connectivity index (χ1v) is 19.1. The number of aromatic nitrogens is 4. The van der Waals surface area contributed by atoms with Crippen LogP contribution in [-0.4, -0.2) is 19.9 Å². The molecule has 4 nitrogen and oxygen atoms in total. The summed E-state index contributed by atoms with van der Waals surface area (Å²) in [5, 5.41) is 0. The molecule has 2 aliphatic heterocycles. The van der Waals surface area contributed by atoms with Gasteiger partial charge in [-0.1, -0.05) is 77.9 Å². The van der Waals surface area contributed by atoms with Crippen molar-refractivity contribution in [3.05, 3.63) is 69.3 Å². The van der Waals surface area contributed by atoms with Gasteiger partial charge in [0.15, 0.2) is 0 Å². The van der Waals surface area contributed by atoms with Gasteiger partial charge in [0.25, 0.3) is 0 Å². The van der Waals surface area contributed by atoms with E-state index in [4.69, 9.17) is 32.4 Å². The molecule has 3 aromatic heterocycles. The lowest BCUT2D eigenvalue weighted by Gasteiger charge is -2.03. The van der Waals surface area contributed by atoms with E-state index < -0.39 is 0 Å². The molecule has 0 saturated carbocycles. The van der Waals surface area contributed by atoms with Crippen molar-refractivity contribution in [2.24, 2.45) is 0 Å². The first kappa shape index (κ1) is 42.5. The second-order valence-corrected chi connectivity index (χ2v) is 12.8. The Morgan fingerprint density at radius 2 is 0.630 bits per heavy atom. The standard InChI is InChI=1S/C36H46N4.Cl2HP.3ClH/c1-9-21-22(10-2)30-18-32-25(13-5)26(14-6)34(39-32)20-36-28(16-8)27(15-7)35(40-36)19-33-24(12-4)23(11-3)31(38-33)17-29(21)37-30;1-3-2;;;/h17-20,37,40H,9-16H2,1-8H3;3H;3*1H. The molecular formula is C36H50Cl5N4P. The molecule has 3 aromatic rings. The highest BCUT2D eigenvalue weighted by molar-refractivity contribution is 7.90. The van der Waals surface area contributed by atoms with Crippen LogP contribution in [-0.2, 0) is 25.7 Å². The largest absolute Gasteiger partial charge is 0.355 e. The van der Waals surface area contributed by atoms with E-state index in [2.05, 4.69) is 89.6 Å². The maximum absolute atomic E-state index is 5.29. The topological polar surface area (TPSA) is 57.4 Å². The van der Waals surface area contributed by atoms with Crippen LogP contribution in [0.5, 0.6) is 0 Å². The van der Waals surface area contributed by atoms with E-state index in [0.717, 1.165) is 74.1 Å². The van der Waals surface area contributed by atoms with Gasteiger partial charge in [0.1, 0.15) is 0 Å². The molecular weight excluding hydrogens is 697 g/mol. The number of nitrogens with zero attached hydrogens (tertiary/aromatic N) is 2. The monoisotopic (exact) mass is 744 g/mol. The number of halogens is 5. The van der Waals surface area contributed by atoms with E-state index in [1.54, 1.807) is 0 Å². The summed E-state index contributed by atoms with van der Waals surface area (Å²) < 4.78 is 0. The Hall–Kier alpha value is -1.52. The molecule has 5 rings (SSSR count). The Balaban J connectivity index is 0.00000170. The summed E-state index contributed by atoms with van der Waals surface area (Å²) in [5.74, 6) is 0. The molecule has 0 aromatic carbocycles. The normalized spacial score (nSPS) is 12.2. The van der Waals surface area contributed by atoms with Crippen molar-refractivity contribution in [1.82, 2.24) is 19.9 Å². The summed E-state index contributed by atoms with van der Waals surface area (Å²) >= 11 is 9.58. The van der Waals surface area contributed by atoms with Gasteiger partial charge in [-0.3, -0.25) is 0 Å². The van der Waals surface area contributed by atoms with Crippen LogP contribution in [0.4, 0.5) is 0 Å².